The van der Waals surface area contributed by atoms with Crippen LogP contribution in [0.4, 0.5) is 0 Å². The molecule has 1 aliphatic carbocycles. The van der Waals surface area contributed by atoms with E-state index in [0.717, 1.165) is 0 Å². The summed E-state index contributed by atoms with van der Waals surface area (Å²) >= 11 is 1.40. The van der Waals surface area contributed by atoms with Crippen LogP contribution < -0.4 is 11.0 Å². The first-order valence-electron chi connectivity index (χ1n) is 5.90. The Labute approximate surface area is 104 Å². The van der Waals surface area contributed by atoms with Crippen LogP contribution in [0.1, 0.15) is 19.8 Å². The van der Waals surface area contributed by atoms with E-state index < -0.39 is 6.10 Å². The fraction of sp³-hybridized carbons (Fsp3) is 0.800. The molecule has 0 radical (unpaired) electrons. The summed E-state index contributed by atoms with van der Waals surface area (Å²) in [5, 5.41) is 20.0. The van der Waals surface area contributed by atoms with Crippen molar-refractivity contribution in [2.75, 3.05) is 12.3 Å². The van der Waals surface area contributed by atoms with Gasteiger partial charge in [0.1, 0.15) is 0 Å². The number of aromatic amines is 1. The third-order valence-electron chi connectivity index (χ3n) is 2.66. The number of nitrogens with one attached hydrogen (secondary N) is 2. The first-order chi connectivity index (χ1) is 8.20. The lowest BCUT2D eigenvalue weighted by molar-refractivity contribution is 0.195. The minimum Gasteiger partial charge on any atom is -0.391 e. The zero-order valence-corrected chi connectivity index (χ0v) is 10.7. The van der Waals surface area contributed by atoms with Crippen LogP contribution in [0.2, 0.25) is 0 Å². The van der Waals surface area contributed by atoms with E-state index in [1.807, 2.05) is 6.92 Å². The van der Waals surface area contributed by atoms with Gasteiger partial charge in [-0.1, -0.05) is 11.8 Å². The lowest BCUT2D eigenvalue weighted by atomic mass is 10.4. The van der Waals surface area contributed by atoms with Crippen LogP contribution in [0.25, 0.3) is 0 Å². The Morgan fingerprint density at radius 1 is 1.71 bits per heavy atom. The van der Waals surface area contributed by atoms with Gasteiger partial charge in [-0.15, -0.1) is 5.10 Å². The first kappa shape index (κ1) is 12.7. The van der Waals surface area contributed by atoms with Crippen LogP contribution in [0.3, 0.4) is 0 Å². The third-order valence-corrected chi connectivity index (χ3v) is 3.79. The van der Waals surface area contributed by atoms with Crippen LogP contribution in [-0.2, 0) is 6.54 Å². The van der Waals surface area contributed by atoms with Gasteiger partial charge in [-0.2, -0.15) is 0 Å². The molecule has 96 valence electrons. The second-order valence-electron chi connectivity index (χ2n) is 4.20. The standard InChI is InChI=1S/C10H18N4O2S/c1-2-14-9(16)12-13-10(14)17-6-8(15)5-11-7-3-4-7/h7-8,11,15H,2-6H2,1H3,(H,12,16). The predicted octanol–water partition coefficient (Wildman–Crippen LogP) is -0.204. The number of H-pyrrole nitrogens is 1. The van der Waals surface area contributed by atoms with Gasteiger partial charge in [0.2, 0.25) is 0 Å². The summed E-state index contributed by atoms with van der Waals surface area (Å²) in [4.78, 5) is 11.3. The fourth-order valence-corrected chi connectivity index (χ4v) is 2.45. The van der Waals surface area contributed by atoms with E-state index >= 15 is 0 Å². The second kappa shape index (κ2) is 5.70. The zero-order chi connectivity index (χ0) is 12.3. The maximum atomic E-state index is 11.3. The summed E-state index contributed by atoms with van der Waals surface area (Å²) < 4.78 is 1.56. The number of thioether (sulfide) groups is 1. The average Bonchev–Trinajstić information content (AvgIpc) is 3.08. The number of hydrogen-bond donors (Lipinski definition) is 3. The van der Waals surface area contributed by atoms with E-state index in [2.05, 4.69) is 15.5 Å². The number of rotatable bonds is 7. The first-order valence-corrected chi connectivity index (χ1v) is 6.88. The third kappa shape index (κ3) is 3.58. The van der Waals surface area contributed by atoms with Gasteiger partial charge in [-0.05, 0) is 19.8 Å². The molecule has 3 N–H and O–H groups in total. The highest BCUT2D eigenvalue weighted by Gasteiger charge is 2.21. The number of aliphatic hydroxyl groups excluding tert-OH is 1. The molecule has 1 unspecified atom stereocenters. The SMILES string of the molecule is CCn1c(SCC(O)CNC2CC2)n[nH]c1=O. The fourth-order valence-electron chi connectivity index (χ4n) is 1.51. The Morgan fingerprint density at radius 2 is 2.47 bits per heavy atom. The van der Waals surface area contributed by atoms with Crippen molar-refractivity contribution in [1.29, 1.82) is 0 Å². The van der Waals surface area contributed by atoms with Crippen LogP contribution in [0.15, 0.2) is 9.95 Å². The molecule has 7 heteroatoms. The molecule has 1 fully saturated rings. The second-order valence-corrected chi connectivity index (χ2v) is 5.19. The molecular formula is C10H18N4O2S. The largest absolute Gasteiger partial charge is 0.391 e. The molecule has 0 amide bonds. The highest BCUT2D eigenvalue weighted by Crippen LogP contribution is 2.19. The minimum atomic E-state index is -0.405. The molecular weight excluding hydrogens is 240 g/mol. The Kier molecular flexibility index (Phi) is 4.25. The molecule has 1 heterocycles. The van der Waals surface area contributed by atoms with Crippen LogP contribution in [0, 0.1) is 0 Å². The van der Waals surface area contributed by atoms with E-state index in [-0.39, 0.29) is 5.69 Å². The molecule has 6 nitrogen and oxygen atoms in total. The van der Waals surface area contributed by atoms with E-state index in [1.54, 1.807) is 4.57 Å². The summed E-state index contributed by atoms with van der Waals surface area (Å²) in [5.41, 5.74) is -0.194. The lowest BCUT2D eigenvalue weighted by Crippen LogP contribution is -2.30. The molecule has 17 heavy (non-hydrogen) atoms. The summed E-state index contributed by atoms with van der Waals surface area (Å²) in [5.74, 6) is 0.546. The molecule has 2 rings (SSSR count). The van der Waals surface area contributed by atoms with Gasteiger partial charge >= 0.3 is 5.69 Å². The van der Waals surface area contributed by atoms with E-state index in [0.29, 0.717) is 30.0 Å². The zero-order valence-electron chi connectivity index (χ0n) is 9.85. The normalized spacial score (nSPS) is 17.3. The van der Waals surface area contributed by atoms with Crippen LogP contribution in [0.5, 0.6) is 0 Å². The number of hydrogen-bond acceptors (Lipinski definition) is 5. The maximum Gasteiger partial charge on any atom is 0.343 e. The Bertz CT molecular complexity index is 413. The highest BCUT2D eigenvalue weighted by atomic mass is 32.2. The van der Waals surface area contributed by atoms with Crippen molar-refractivity contribution in [1.82, 2.24) is 20.1 Å². The van der Waals surface area contributed by atoms with Crippen molar-refractivity contribution in [2.45, 2.75) is 43.6 Å². The molecule has 1 aromatic rings. The smallest absolute Gasteiger partial charge is 0.343 e. The molecule has 1 aliphatic rings. The molecule has 1 atom stereocenters. The predicted molar refractivity (Wildman–Crippen MR) is 66.3 cm³/mol. The summed E-state index contributed by atoms with van der Waals surface area (Å²) in [6, 6.07) is 0.605. The average molecular weight is 258 g/mol. The van der Waals surface area contributed by atoms with Crippen molar-refractivity contribution in [3.63, 3.8) is 0 Å². The quantitative estimate of drug-likeness (QED) is 0.590. The summed E-state index contributed by atoms with van der Waals surface area (Å²) in [7, 11) is 0. The summed E-state index contributed by atoms with van der Waals surface area (Å²) in [6.07, 6.45) is 2.03. The number of aromatic nitrogens is 3. The van der Waals surface area contributed by atoms with Gasteiger partial charge < -0.3 is 10.4 Å². The van der Waals surface area contributed by atoms with Gasteiger partial charge in [0.15, 0.2) is 5.16 Å². The highest BCUT2D eigenvalue weighted by molar-refractivity contribution is 7.99. The van der Waals surface area contributed by atoms with Gasteiger partial charge in [-0.25, -0.2) is 9.89 Å². The van der Waals surface area contributed by atoms with Crippen molar-refractivity contribution in [3.05, 3.63) is 10.5 Å². The molecule has 0 bridgehead atoms. The van der Waals surface area contributed by atoms with Gasteiger partial charge in [0.25, 0.3) is 0 Å². The molecule has 1 saturated carbocycles. The molecule has 1 aromatic heterocycles. The van der Waals surface area contributed by atoms with Crippen LogP contribution >= 0.6 is 11.8 Å². The molecule has 0 saturated heterocycles. The maximum absolute atomic E-state index is 11.3. The summed E-state index contributed by atoms with van der Waals surface area (Å²) in [6.45, 7) is 3.10. The van der Waals surface area contributed by atoms with E-state index in [1.165, 1.54) is 24.6 Å². The van der Waals surface area contributed by atoms with Crippen molar-refractivity contribution >= 4 is 11.8 Å². The Balaban J connectivity index is 1.77. The monoisotopic (exact) mass is 258 g/mol. The van der Waals surface area contributed by atoms with Gasteiger partial charge in [0, 0.05) is 24.9 Å². The topological polar surface area (TPSA) is 82.9 Å². The lowest BCUT2D eigenvalue weighted by Gasteiger charge is -2.10. The molecule has 0 aliphatic heterocycles. The number of aliphatic hydroxyl groups is 1. The van der Waals surface area contributed by atoms with Crippen molar-refractivity contribution in [2.24, 2.45) is 0 Å². The van der Waals surface area contributed by atoms with Crippen molar-refractivity contribution < 1.29 is 5.11 Å². The van der Waals surface area contributed by atoms with E-state index in [9.17, 15) is 9.90 Å². The van der Waals surface area contributed by atoms with Crippen molar-refractivity contribution in [3.8, 4) is 0 Å². The molecule has 0 spiro atoms. The van der Waals surface area contributed by atoms with E-state index in [4.69, 9.17) is 0 Å². The Hall–Kier alpha value is -0.790. The van der Waals surface area contributed by atoms with Gasteiger partial charge in [-0.3, -0.25) is 4.57 Å². The Morgan fingerprint density at radius 3 is 3.12 bits per heavy atom. The molecule has 0 aromatic carbocycles. The minimum absolute atomic E-state index is 0.194. The van der Waals surface area contributed by atoms with Gasteiger partial charge in [0.05, 0.1) is 6.10 Å². The van der Waals surface area contributed by atoms with Crippen LogP contribution in [-0.4, -0.2) is 44.3 Å². The number of nitrogens with zero attached hydrogens (tertiary/aromatic N) is 2.